The second-order valence-electron chi connectivity index (χ2n) is 3.47. The van der Waals surface area contributed by atoms with E-state index in [-0.39, 0.29) is 5.92 Å². The van der Waals surface area contributed by atoms with Gasteiger partial charge in [0.25, 0.3) is 0 Å². The lowest BCUT2D eigenvalue weighted by Crippen LogP contribution is -2.44. The van der Waals surface area contributed by atoms with E-state index in [9.17, 15) is 13.2 Å². The number of hydrogen-bond donors (Lipinski definition) is 1. The Bertz CT molecular complexity index is 138. The van der Waals surface area contributed by atoms with Crippen LogP contribution in [0.2, 0.25) is 0 Å². The molecule has 0 radical (unpaired) electrons. The number of rotatable bonds is 1. The fourth-order valence-corrected chi connectivity index (χ4v) is 1.76. The highest BCUT2D eigenvalue weighted by Crippen LogP contribution is 2.32. The van der Waals surface area contributed by atoms with Gasteiger partial charge >= 0.3 is 6.18 Å². The third-order valence-corrected chi connectivity index (χ3v) is 2.54. The van der Waals surface area contributed by atoms with Crippen molar-refractivity contribution in [2.45, 2.75) is 44.3 Å². The number of halogens is 3. The summed E-state index contributed by atoms with van der Waals surface area (Å²) in [6, 6.07) is -1.60. The van der Waals surface area contributed by atoms with Crippen LogP contribution >= 0.6 is 0 Å². The van der Waals surface area contributed by atoms with Gasteiger partial charge in [-0.2, -0.15) is 13.2 Å². The molecular weight excluding hydrogens is 167 g/mol. The van der Waals surface area contributed by atoms with Crippen molar-refractivity contribution in [2.75, 3.05) is 0 Å². The zero-order chi connectivity index (χ0) is 9.19. The van der Waals surface area contributed by atoms with Gasteiger partial charge in [0.15, 0.2) is 0 Å². The Labute approximate surface area is 70.1 Å². The minimum absolute atomic E-state index is 0.334. The third-order valence-electron chi connectivity index (χ3n) is 2.54. The minimum atomic E-state index is -4.21. The molecule has 1 aliphatic carbocycles. The normalized spacial score (nSPS) is 24.0. The molecule has 1 fully saturated rings. The van der Waals surface area contributed by atoms with Gasteiger partial charge in [0.1, 0.15) is 6.04 Å². The smallest absolute Gasteiger partial charge is 0.320 e. The van der Waals surface area contributed by atoms with Crippen molar-refractivity contribution in [1.29, 1.82) is 0 Å². The van der Waals surface area contributed by atoms with Gasteiger partial charge in [-0.25, -0.2) is 0 Å². The number of nitrogens with two attached hydrogens (primary N) is 1. The van der Waals surface area contributed by atoms with Crippen LogP contribution in [0.15, 0.2) is 0 Å². The third kappa shape index (κ3) is 2.37. The van der Waals surface area contributed by atoms with Crippen LogP contribution in [-0.4, -0.2) is 12.2 Å². The van der Waals surface area contributed by atoms with Gasteiger partial charge in [0.2, 0.25) is 0 Å². The summed E-state index contributed by atoms with van der Waals surface area (Å²) < 4.78 is 36.3. The number of alkyl halides is 3. The Kier molecular flexibility index (Phi) is 2.99. The highest BCUT2D eigenvalue weighted by atomic mass is 19.4. The van der Waals surface area contributed by atoms with Crippen molar-refractivity contribution in [2.24, 2.45) is 11.7 Å². The van der Waals surface area contributed by atoms with Gasteiger partial charge in [-0.3, -0.25) is 0 Å². The monoisotopic (exact) mass is 181 g/mol. The fraction of sp³-hybridized carbons (Fsp3) is 1.00. The summed E-state index contributed by atoms with van der Waals surface area (Å²) in [6.45, 7) is 0. The molecule has 12 heavy (non-hydrogen) atoms. The molecule has 0 aromatic heterocycles. The molecule has 0 unspecified atom stereocenters. The van der Waals surface area contributed by atoms with Crippen LogP contribution in [0.5, 0.6) is 0 Å². The van der Waals surface area contributed by atoms with E-state index in [1.165, 1.54) is 0 Å². The largest absolute Gasteiger partial charge is 0.403 e. The second-order valence-corrected chi connectivity index (χ2v) is 3.47. The summed E-state index contributed by atoms with van der Waals surface area (Å²) in [5.74, 6) is -0.334. The average molecular weight is 181 g/mol. The van der Waals surface area contributed by atoms with Crippen LogP contribution in [0.25, 0.3) is 0 Å². The van der Waals surface area contributed by atoms with Crippen LogP contribution < -0.4 is 5.73 Å². The Morgan fingerprint density at radius 3 is 2.00 bits per heavy atom. The second kappa shape index (κ2) is 3.64. The molecule has 0 aromatic rings. The predicted molar refractivity (Wildman–Crippen MR) is 40.6 cm³/mol. The molecule has 1 saturated carbocycles. The maximum Gasteiger partial charge on any atom is 0.403 e. The highest BCUT2D eigenvalue weighted by Gasteiger charge is 2.41. The van der Waals surface area contributed by atoms with E-state index in [0.29, 0.717) is 12.8 Å². The van der Waals surface area contributed by atoms with Gasteiger partial charge in [0, 0.05) is 0 Å². The van der Waals surface area contributed by atoms with Crippen LogP contribution in [0, 0.1) is 5.92 Å². The van der Waals surface area contributed by atoms with Crippen LogP contribution in [-0.2, 0) is 0 Å². The summed E-state index contributed by atoms with van der Waals surface area (Å²) in [5.41, 5.74) is 5.10. The maximum absolute atomic E-state index is 12.1. The molecule has 1 rings (SSSR count). The Morgan fingerprint density at radius 1 is 1.08 bits per heavy atom. The molecule has 0 aromatic carbocycles. The minimum Gasteiger partial charge on any atom is -0.320 e. The topological polar surface area (TPSA) is 26.0 Å². The van der Waals surface area contributed by atoms with Gasteiger partial charge in [0.05, 0.1) is 0 Å². The van der Waals surface area contributed by atoms with Crippen LogP contribution in [0.3, 0.4) is 0 Å². The van der Waals surface area contributed by atoms with Gasteiger partial charge in [-0.1, -0.05) is 19.3 Å². The summed E-state index contributed by atoms with van der Waals surface area (Å²) in [5, 5.41) is 0. The van der Waals surface area contributed by atoms with Gasteiger partial charge < -0.3 is 5.73 Å². The highest BCUT2D eigenvalue weighted by molar-refractivity contribution is 4.81. The lowest BCUT2D eigenvalue weighted by molar-refractivity contribution is -0.161. The molecule has 0 amide bonds. The van der Waals surface area contributed by atoms with Crippen LogP contribution in [0.4, 0.5) is 13.2 Å². The molecule has 0 bridgehead atoms. The van der Waals surface area contributed by atoms with Crippen molar-refractivity contribution in [3.05, 3.63) is 0 Å². The summed E-state index contributed by atoms with van der Waals surface area (Å²) in [6.07, 6.45) is -0.0761. The first-order valence-corrected chi connectivity index (χ1v) is 4.34. The SMILES string of the molecule is N[C@H](C1CCCCC1)C(F)(F)F. The van der Waals surface area contributed by atoms with Crippen molar-refractivity contribution >= 4 is 0 Å². The zero-order valence-corrected chi connectivity index (χ0v) is 6.90. The van der Waals surface area contributed by atoms with E-state index in [1.54, 1.807) is 0 Å². The molecule has 1 aliphatic rings. The molecular formula is C8H14F3N. The molecule has 0 spiro atoms. The molecule has 4 heteroatoms. The van der Waals surface area contributed by atoms with Crippen LogP contribution in [0.1, 0.15) is 32.1 Å². The first kappa shape index (κ1) is 9.84. The first-order valence-electron chi connectivity index (χ1n) is 4.34. The lowest BCUT2D eigenvalue weighted by Gasteiger charge is -2.28. The molecule has 72 valence electrons. The van der Waals surface area contributed by atoms with Crippen molar-refractivity contribution in [3.63, 3.8) is 0 Å². The summed E-state index contributed by atoms with van der Waals surface area (Å²) >= 11 is 0. The molecule has 0 heterocycles. The molecule has 2 N–H and O–H groups in total. The first-order chi connectivity index (χ1) is 5.52. The van der Waals surface area contributed by atoms with E-state index in [2.05, 4.69) is 0 Å². The quantitative estimate of drug-likeness (QED) is 0.660. The standard InChI is InChI=1S/C8H14F3N/c9-8(10,11)7(12)6-4-2-1-3-5-6/h6-7H,1-5,12H2/t7-/m1/s1. The molecule has 1 atom stereocenters. The van der Waals surface area contributed by atoms with E-state index in [0.717, 1.165) is 19.3 Å². The molecule has 0 aliphatic heterocycles. The fourth-order valence-electron chi connectivity index (χ4n) is 1.76. The Morgan fingerprint density at radius 2 is 1.58 bits per heavy atom. The average Bonchev–Trinajstić information content (AvgIpc) is 2.03. The summed E-state index contributed by atoms with van der Waals surface area (Å²) in [7, 11) is 0. The Balaban J connectivity index is 2.45. The molecule has 0 saturated heterocycles. The Hall–Kier alpha value is -0.250. The van der Waals surface area contributed by atoms with E-state index in [1.807, 2.05) is 0 Å². The van der Waals surface area contributed by atoms with Gasteiger partial charge in [-0.15, -0.1) is 0 Å². The molecule has 1 nitrogen and oxygen atoms in total. The van der Waals surface area contributed by atoms with E-state index < -0.39 is 12.2 Å². The summed E-state index contributed by atoms with van der Waals surface area (Å²) in [4.78, 5) is 0. The lowest BCUT2D eigenvalue weighted by atomic mass is 9.84. The number of hydrogen-bond acceptors (Lipinski definition) is 1. The van der Waals surface area contributed by atoms with E-state index >= 15 is 0 Å². The van der Waals surface area contributed by atoms with Crippen molar-refractivity contribution in [1.82, 2.24) is 0 Å². The van der Waals surface area contributed by atoms with Crippen molar-refractivity contribution in [3.8, 4) is 0 Å². The predicted octanol–water partition coefficient (Wildman–Crippen LogP) is 2.46. The van der Waals surface area contributed by atoms with E-state index in [4.69, 9.17) is 5.73 Å². The van der Waals surface area contributed by atoms with Gasteiger partial charge in [-0.05, 0) is 18.8 Å². The zero-order valence-electron chi connectivity index (χ0n) is 6.90. The van der Waals surface area contributed by atoms with Crippen molar-refractivity contribution < 1.29 is 13.2 Å². The maximum atomic E-state index is 12.1.